The van der Waals surface area contributed by atoms with Gasteiger partial charge in [-0.25, -0.2) is 4.98 Å². The molecule has 0 bridgehead atoms. The topological polar surface area (TPSA) is 43.6 Å². The highest BCUT2D eigenvalue weighted by molar-refractivity contribution is 6.35. The van der Waals surface area contributed by atoms with Crippen LogP contribution in [0.5, 0.6) is 0 Å². The summed E-state index contributed by atoms with van der Waals surface area (Å²) in [6.07, 6.45) is 1.09. The summed E-state index contributed by atoms with van der Waals surface area (Å²) in [7, 11) is 0. The zero-order valence-electron chi connectivity index (χ0n) is 8.04. The third-order valence-electron chi connectivity index (χ3n) is 2.81. The first kappa shape index (κ1) is 9.36. The summed E-state index contributed by atoms with van der Waals surface area (Å²) in [6, 6.07) is 0. The lowest BCUT2D eigenvalue weighted by molar-refractivity contribution is 0.648. The normalized spacial score (nSPS) is 19.8. The van der Waals surface area contributed by atoms with Gasteiger partial charge in [0.1, 0.15) is 5.15 Å². The van der Waals surface area contributed by atoms with Crippen molar-refractivity contribution in [2.45, 2.75) is 25.8 Å². The molecule has 0 spiro atoms. The Hall–Kier alpha value is -0.870. The maximum atomic E-state index is 6.06. The minimum atomic E-state index is 0.150. The van der Waals surface area contributed by atoms with Crippen molar-refractivity contribution in [2.75, 3.05) is 0 Å². The molecule has 0 aromatic carbocycles. The van der Waals surface area contributed by atoms with E-state index in [0.29, 0.717) is 16.7 Å². The zero-order valence-corrected chi connectivity index (χ0v) is 9.55. The number of hydrogen-bond donors (Lipinski definition) is 0. The number of nitrogens with zero attached hydrogens (tertiary/aromatic N) is 4. The molecule has 0 amide bonds. The highest BCUT2D eigenvalue weighted by atomic mass is 35.5. The number of aromatic nitrogens is 4. The standard InChI is InChI=1S/C9H8Cl2N4/c1-4-2-3-15-6(4)5-7(10)12-9(11)13-8(5)14-15/h4H,2-3H2,1H3. The fraction of sp³-hybridized carbons (Fsp3) is 0.444. The van der Waals surface area contributed by atoms with E-state index in [2.05, 4.69) is 22.0 Å². The molecule has 15 heavy (non-hydrogen) atoms. The van der Waals surface area contributed by atoms with Crippen LogP contribution in [0.2, 0.25) is 10.4 Å². The number of hydrogen-bond acceptors (Lipinski definition) is 3. The van der Waals surface area contributed by atoms with Gasteiger partial charge in [-0.05, 0) is 18.0 Å². The second-order valence-electron chi connectivity index (χ2n) is 3.78. The Kier molecular flexibility index (Phi) is 1.91. The molecule has 0 aliphatic carbocycles. The molecular formula is C9H8Cl2N4. The van der Waals surface area contributed by atoms with Gasteiger partial charge in [-0.15, -0.1) is 0 Å². The number of halogens is 2. The van der Waals surface area contributed by atoms with Gasteiger partial charge in [0, 0.05) is 12.5 Å². The maximum Gasteiger partial charge on any atom is 0.225 e. The lowest BCUT2D eigenvalue weighted by atomic mass is 10.1. The van der Waals surface area contributed by atoms with Crippen molar-refractivity contribution in [3.63, 3.8) is 0 Å². The molecule has 2 aromatic heterocycles. The molecule has 6 heteroatoms. The van der Waals surface area contributed by atoms with E-state index in [1.807, 2.05) is 4.68 Å². The van der Waals surface area contributed by atoms with Gasteiger partial charge in [-0.3, -0.25) is 4.68 Å². The van der Waals surface area contributed by atoms with Gasteiger partial charge in [-0.2, -0.15) is 10.1 Å². The summed E-state index contributed by atoms with van der Waals surface area (Å²) < 4.78 is 1.95. The summed E-state index contributed by atoms with van der Waals surface area (Å²) in [5, 5.41) is 5.77. The molecule has 2 aromatic rings. The molecule has 0 fully saturated rings. The van der Waals surface area contributed by atoms with Crippen molar-refractivity contribution < 1.29 is 0 Å². The summed E-state index contributed by atoms with van der Waals surface area (Å²) in [4.78, 5) is 8.02. The van der Waals surface area contributed by atoms with Crippen LogP contribution in [0.15, 0.2) is 0 Å². The van der Waals surface area contributed by atoms with E-state index in [4.69, 9.17) is 23.2 Å². The van der Waals surface area contributed by atoms with Crippen molar-refractivity contribution in [1.82, 2.24) is 19.7 Å². The van der Waals surface area contributed by atoms with E-state index in [0.717, 1.165) is 24.0 Å². The molecule has 0 saturated heterocycles. The van der Waals surface area contributed by atoms with Crippen LogP contribution in [-0.2, 0) is 6.54 Å². The Morgan fingerprint density at radius 3 is 2.93 bits per heavy atom. The summed E-state index contributed by atoms with van der Waals surface area (Å²) in [6.45, 7) is 3.08. The molecule has 0 N–H and O–H groups in total. The van der Waals surface area contributed by atoms with Crippen LogP contribution in [0.25, 0.3) is 11.0 Å². The van der Waals surface area contributed by atoms with Crippen molar-refractivity contribution in [1.29, 1.82) is 0 Å². The maximum absolute atomic E-state index is 6.06. The molecule has 1 aliphatic heterocycles. The fourth-order valence-electron chi connectivity index (χ4n) is 2.11. The van der Waals surface area contributed by atoms with E-state index >= 15 is 0 Å². The number of aryl methyl sites for hydroxylation is 1. The molecule has 4 nitrogen and oxygen atoms in total. The molecule has 3 heterocycles. The second-order valence-corrected chi connectivity index (χ2v) is 4.48. The highest BCUT2D eigenvalue weighted by Gasteiger charge is 2.26. The average molecular weight is 243 g/mol. The lowest BCUT2D eigenvalue weighted by Crippen LogP contribution is -1.93. The van der Waals surface area contributed by atoms with Crippen LogP contribution in [0, 0.1) is 0 Å². The summed E-state index contributed by atoms with van der Waals surface area (Å²) in [5.74, 6) is 0.456. The largest absolute Gasteiger partial charge is 0.266 e. The zero-order chi connectivity index (χ0) is 10.6. The molecule has 1 unspecified atom stereocenters. The Morgan fingerprint density at radius 1 is 1.33 bits per heavy atom. The highest BCUT2D eigenvalue weighted by Crippen LogP contribution is 2.35. The Labute approximate surface area is 96.2 Å². The first-order valence-electron chi connectivity index (χ1n) is 4.76. The van der Waals surface area contributed by atoms with Crippen molar-refractivity contribution in [3.05, 3.63) is 16.1 Å². The molecular weight excluding hydrogens is 235 g/mol. The van der Waals surface area contributed by atoms with Gasteiger partial charge in [0.2, 0.25) is 5.28 Å². The SMILES string of the molecule is CC1CCn2nc3nc(Cl)nc(Cl)c3c21. The summed E-state index contributed by atoms with van der Waals surface area (Å²) in [5.41, 5.74) is 1.73. The predicted molar refractivity (Wildman–Crippen MR) is 58.4 cm³/mol. The Bertz CT molecular complexity index is 549. The molecule has 3 rings (SSSR count). The van der Waals surface area contributed by atoms with Crippen LogP contribution in [0.4, 0.5) is 0 Å². The first-order chi connectivity index (χ1) is 7.16. The third kappa shape index (κ3) is 1.25. The summed E-state index contributed by atoms with van der Waals surface area (Å²) >= 11 is 11.8. The minimum absolute atomic E-state index is 0.150. The van der Waals surface area contributed by atoms with Crippen LogP contribution in [-0.4, -0.2) is 19.7 Å². The molecule has 1 aliphatic rings. The van der Waals surface area contributed by atoms with Gasteiger partial charge < -0.3 is 0 Å². The number of fused-ring (bicyclic) bond motifs is 3. The Morgan fingerprint density at radius 2 is 2.13 bits per heavy atom. The van der Waals surface area contributed by atoms with Crippen LogP contribution in [0.1, 0.15) is 25.0 Å². The quantitative estimate of drug-likeness (QED) is 0.527. The number of rotatable bonds is 0. The third-order valence-corrected chi connectivity index (χ3v) is 3.25. The molecule has 78 valence electrons. The van der Waals surface area contributed by atoms with E-state index in [9.17, 15) is 0 Å². The second kappa shape index (κ2) is 3.06. The Balaban J connectivity index is 2.42. The monoisotopic (exact) mass is 242 g/mol. The van der Waals surface area contributed by atoms with E-state index in [1.54, 1.807) is 0 Å². The average Bonchev–Trinajstić information content (AvgIpc) is 2.66. The van der Waals surface area contributed by atoms with E-state index < -0.39 is 0 Å². The van der Waals surface area contributed by atoms with Crippen LogP contribution < -0.4 is 0 Å². The van der Waals surface area contributed by atoms with Crippen molar-refractivity contribution >= 4 is 34.2 Å². The minimum Gasteiger partial charge on any atom is -0.266 e. The van der Waals surface area contributed by atoms with E-state index in [-0.39, 0.29) is 5.28 Å². The van der Waals surface area contributed by atoms with Crippen molar-refractivity contribution in [2.24, 2.45) is 0 Å². The first-order valence-corrected chi connectivity index (χ1v) is 5.52. The molecule has 0 radical (unpaired) electrons. The molecule has 1 atom stereocenters. The molecule has 0 saturated carbocycles. The van der Waals surface area contributed by atoms with Crippen LogP contribution >= 0.6 is 23.2 Å². The van der Waals surface area contributed by atoms with Crippen LogP contribution in [0.3, 0.4) is 0 Å². The van der Waals surface area contributed by atoms with Crippen molar-refractivity contribution in [3.8, 4) is 0 Å². The fourth-order valence-corrected chi connectivity index (χ4v) is 2.58. The van der Waals surface area contributed by atoms with Gasteiger partial charge in [0.05, 0.1) is 11.1 Å². The van der Waals surface area contributed by atoms with Gasteiger partial charge in [0.25, 0.3) is 0 Å². The smallest absolute Gasteiger partial charge is 0.225 e. The van der Waals surface area contributed by atoms with Gasteiger partial charge in [0.15, 0.2) is 5.65 Å². The van der Waals surface area contributed by atoms with E-state index in [1.165, 1.54) is 0 Å². The predicted octanol–water partition coefficient (Wildman–Crippen LogP) is 2.64. The lowest BCUT2D eigenvalue weighted by Gasteiger charge is -2.01. The van der Waals surface area contributed by atoms with Gasteiger partial charge >= 0.3 is 0 Å². The van der Waals surface area contributed by atoms with Gasteiger partial charge in [-0.1, -0.05) is 18.5 Å².